The third kappa shape index (κ3) is 4.23. The highest BCUT2D eigenvalue weighted by Crippen LogP contribution is 2.32. The average molecular weight is 498 g/mol. The minimum atomic E-state index is -4.03. The second-order valence-electron chi connectivity index (χ2n) is 7.55. The number of nitrogens with one attached hydrogen (secondary N) is 1. The van der Waals surface area contributed by atoms with Crippen LogP contribution in [0.4, 0.5) is 0 Å². The van der Waals surface area contributed by atoms with E-state index in [2.05, 4.69) is 10.2 Å². The van der Waals surface area contributed by atoms with Crippen molar-refractivity contribution in [1.29, 1.82) is 0 Å². The minimum Gasteiger partial charge on any atom is -0.468 e. The van der Waals surface area contributed by atoms with Crippen molar-refractivity contribution in [3.8, 4) is 5.69 Å². The van der Waals surface area contributed by atoms with Crippen molar-refractivity contribution in [1.82, 2.24) is 24.5 Å². The van der Waals surface area contributed by atoms with Crippen molar-refractivity contribution in [2.75, 3.05) is 0 Å². The van der Waals surface area contributed by atoms with Gasteiger partial charge in [0, 0.05) is 21.9 Å². The zero-order valence-corrected chi connectivity index (χ0v) is 19.2. The first kappa shape index (κ1) is 22.3. The quantitative estimate of drug-likeness (QED) is 0.307. The van der Waals surface area contributed by atoms with Gasteiger partial charge in [0.05, 0.1) is 17.7 Å². The largest absolute Gasteiger partial charge is 0.468 e. The molecular weight excluding hydrogens is 478 g/mol. The zero-order valence-electron chi connectivity index (χ0n) is 17.6. The number of nitrogens with zero attached hydrogens (tertiary/aromatic N) is 4. The van der Waals surface area contributed by atoms with E-state index < -0.39 is 22.0 Å². The fourth-order valence-electron chi connectivity index (χ4n) is 3.77. The predicted octanol–water partition coefficient (Wildman–Crippen LogP) is 2.63. The molecule has 4 aromatic rings. The summed E-state index contributed by atoms with van der Waals surface area (Å²) in [5.74, 6) is -0.315. The topological polar surface area (TPSA) is 131 Å². The summed E-state index contributed by atoms with van der Waals surface area (Å²) in [6, 6.07) is 14.9. The second kappa shape index (κ2) is 9.06. The summed E-state index contributed by atoms with van der Waals surface area (Å²) in [5, 5.41) is 16.7. The molecule has 0 aliphatic carbocycles. The fourth-order valence-corrected chi connectivity index (χ4v) is 6.13. The lowest BCUT2D eigenvalue weighted by atomic mass is 10.0. The zero-order chi connectivity index (χ0) is 23.7. The molecule has 1 atom stereocenters. The second-order valence-corrected chi connectivity index (χ2v) is 10.6. The van der Waals surface area contributed by atoms with E-state index in [0.29, 0.717) is 5.76 Å². The first-order valence-corrected chi connectivity index (χ1v) is 12.5. The van der Waals surface area contributed by atoms with E-state index in [1.54, 1.807) is 40.9 Å². The Morgan fingerprint density at radius 2 is 1.68 bits per heavy atom. The summed E-state index contributed by atoms with van der Waals surface area (Å²) in [7, 11) is -4.03. The minimum absolute atomic E-state index is 0.0468. The van der Waals surface area contributed by atoms with E-state index in [1.807, 2.05) is 24.3 Å². The Labute approximate surface area is 199 Å². The number of furan rings is 1. The van der Waals surface area contributed by atoms with E-state index in [9.17, 15) is 13.2 Å². The Balaban J connectivity index is 1.35. The molecule has 5 rings (SSSR count). The maximum Gasteiger partial charge on any atom is 0.262 e. The van der Waals surface area contributed by atoms with Gasteiger partial charge in [0.15, 0.2) is 0 Å². The predicted molar refractivity (Wildman–Crippen MR) is 121 cm³/mol. The molecule has 2 N–H and O–H groups in total. The third-order valence-electron chi connectivity index (χ3n) is 5.53. The van der Waals surface area contributed by atoms with Crippen LogP contribution >= 0.6 is 11.8 Å². The Kier molecular flexibility index (Phi) is 5.96. The van der Waals surface area contributed by atoms with Crippen LogP contribution in [0.25, 0.3) is 5.69 Å². The lowest BCUT2D eigenvalue weighted by molar-refractivity contribution is -0.133. The smallest absolute Gasteiger partial charge is 0.262 e. The van der Waals surface area contributed by atoms with Crippen LogP contribution in [-0.4, -0.2) is 44.6 Å². The van der Waals surface area contributed by atoms with E-state index in [1.165, 1.54) is 30.2 Å². The van der Waals surface area contributed by atoms with E-state index >= 15 is 0 Å². The maximum absolute atomic E-state index is 13.4. The molecule has 1 aliphatic rings. The number of fused-ring (bicyclic) bond motifs is 1. The number of carbonyl (C=O) groups is 1. The number of aromatic nitrogens is 3. The molecule has 2 aromatic heterocycles. The molecule has 1 aliphatic heterocycles. The molecule has 0 saturated carbocycles. The van der Waals surface area contributed by atoms with Crippen molar-refractivity contribution in [3.63, 3.8) is 0 Å². The Morgan fingerprint density at radius 3 is 2.32 bits per heavy atom. The number of benzene rings is 2. The molecule has 1 amide bonds. The van der Waals surface area contributed by atoms with Gasteiger partial charge in [0.1, 0.15) is 24.5 Å². The summed E-state index contributed by atoms with van der Waals surface area (Å²) in [4.78, 5) is 14.1. The van der Waals surface area contributed by atoms with Gasteiger partial charge >= 0.3 is 0 Å². The highest BCUT2D eigenvalue weighted by atomic mass is 32.2. The molecule has 2 aromatic carbocycles. The Morgan fingerprint density at radius 1 is 1.03 bits per heavy atom. The van der Waals surface area contributed by atoms with Crippen LogP contribution in [0.2, 0.25) is 0 Å². The van der Waals surface area contributed by atoms with Crippen molar-refractivity contribution < 1.29 is 22.8 Å². The van der Waals surface area contributed by atoms with Gasteiger partial charge in [-0.1, -0.05) is 11.8 Å². The fraction of sp³-hybridized carbons (Fsp3) is 0.136. The van der Waals surface area contributed by atoms with Crippen LogP contribution < -0.4 is 5.48 Å². The highest BCUT2D eigenvalue weighted by Gasteiger charge is 2.40. The molecule has 10 nitrogen and oxygen atoms in total. The number of amides is 1. The van der Waals surface area contributed by atoms with Gasteiger partial charge in [0.2, 0.25) is 10.0 Å². The molecule has 0 spiro atoms. The van der Waals surface area contributed by atoms with Crippen molar-refractivity contribution in [3.05, 3.63) is 84.8 Å². The molecule has 0 fully saturated rings. The number of sulfonamides is 1. The molecular formula is C22H19N5O5S2. The van der Waals surface area contributed by atoms with Crippen LogP contribution in [0, 0.1) is 0 Å². The van der Waals surface area contributed by atoms with Crippen molar-refractivity contribution in [2.24, 2.45) is 0 Å². The van der Waals surface area contributed by atoms with Gasteiger partial charge in [0.25, 0.3) is 5.91 Å². The Hall–Kier alpha value is -3.45. The molecule has 0 saturated heterocycles. The van der Waals surface area contributed by atoms with Gasteiger partial charge in [-0.25, -0.2) is 13.9 Å². The van der Waals surface area contributed by atoms with Gasteiger partial charge in [-0.05, 0) is 60.2 Å². The van der Waals surface area contributed by atoms with Crippen molar-refractivity contribution >= 4 is 27.7 Å². The molecule has 3 heterocycles. The number of hydrogen-bond acceptors (Lipinski definition) is 8. The highest BCUT2D eigenvalue weighted by molar-refractivity contribution is 7.99. The molecule has 174 valence electrons. The van der Waals surface area contributed by atoms with Gasteiger partial charge in [-0.15, -0.1) is 10.2 Å². The standard InChI is InChI=1S/C22H19N5O5S2/c28-22(25-29)20-11-15-9-10-32-21(15)12-27(20)34(30,31)19-7-5-18(6-8-19)33-17-3-1-16(2-4-17)26-13-23-24-14-26/h1-10,13-14,20,29H,11-12H2,(H,25,28). The lowest BCUT2D eigenvalue weighted by Crippen LogP contribution is -2.51. The number of hydrogen-bond donors (Lipinski definition) is 2. The normalized spacial score (nSPS) is 16.2. The van der Waals surface area contributed by atoms with E-state index in [-0.39, 0.29) is 17.9 Å². The van der Waals surface area contributed by atoms with Crippen LogP contribution in [0.3, 0.4) is 0 Å². The number of carbonyl (C=O) groups excluding carboxylic acids is 1. The van der Waals surface area contributed by atoms with Gasteiger partial charge in [-0.3, -0.25) is 14.6 Å². The van der Waals surface area contributed by atoms with Crippen LogP contribution in [-0.2, 0) is 27.8 Å². The maximum atomic E-state index is 13.4. The summed E-state index contributed by atoms with van der Waals surface area (Å²) in [5.41, 5.74) is 3.24. The van der Waals surface area contributed by atoms with Crippen LogP contribution in [0.15, 0.2) is 92.6 Å². The number of hydroxylamine groups is 1. The summed E-state index contributed by atoms with van der Waals surface area (Å²) in [6.07, 6.45) is 4.80. The molecule has 12 heteroatoms. The molecule has 1 unspecified atom stereocenters. The van der Waals surface area contributed by atoms with Gasteiger partial charge in [-0.2, -0.15) is 4.31 Å². The SMILES string of the molecule is O=C(NO)C1Cc2ccoc2CN1S(=O)(=O)c1ccc(Sc2ccc(-n3cnnc3)cc2)cc1. The Bertz CT molecular complexity index is 1400. The first-order valence-electron chi connectivity index (χ1n) is 10.2. The van der Waals surface area contributed by atoms with Gasteiger partial charge < -0.3 is 4.42 Å². The summed E-state index contributed by atoms with van der Waals surface area (Å²) in [6.45, 7) is -0.0992. The van der Waals surface area contributed by atoms with Crippen LogP contribution in [0.1, 0.15) is 11.3 Å². The van der Waals surface area contributed by atoms with E-state index in [0.717, 1.165) is 25.3 Å². The molecule has 0 radical (unpaired) electrons. The molecule has 0 bridgehead atoms. The third-order valence-corrected chi connectivity index (χ3v) is 8.42. The lowest BCUT2D eigenvalue weighted by Gasteiger charge is -2.32. The van der Waals surface area contributed by atoms with Crippen LogP contribution in [0.5, 0.6) is 0 Å². The summed E-state index contributed by atoms with van der Waals surface area (Å²) < 4.78 is 35.0. The monoisotopic (exact) mass is 497 g/mol. The van der Waals surface area contributed by atoms with Crippen molar-refractivity contribution in [2.45, 2.75) is 33.7 Å². The first-order chi connectivity index (χ1) is 16.5. The molecule has 34 heavy (non-hydrogen) atoms. The average Bonchev–Trinajstić information content (AvgIpc) is 3.55. The summed E-state index contributed by atoms with van der Waals surface area (Å²) >= 11 is 1.49. The number of rotatable bonds is 6. The van der Waals surface area contributed by atoms with E-state index in [4.69, 9.17) is 9.62 Å².